The zero-order valence-corrected chi connectivity index (χ0v) is 13.6. The summed E-state index contributed by atoms with van der Waals surface area (Å²) < 4.78 is 2.02. The molecule has 24 heavy (non-hydrogen) atoms. The van der Waals surface area contributed by atoms with Gasteiger partial charge in [-0.05, 0) is 54.7 Å². The highest BCUT2D eigenvalue weighted by Gasteiger charge is 2.10. The quantitative estimate of drug-likeness (QED) is 0.574. The van der Waals surface area contributed by atoms with Gasteiger partial charge < -0.3 is 15.5 Å². The fourth-order valence-electron chi connectivity index (χ4n) is 3.24. The zero-order chi connectivity index (χ0) is 16.4. The number of hydrogen-bond donors (Lipinski definition) is 2. The van der Waals surface area contributed by atoms with Crippen molar-refractivity contribution >= 4 is 17.3 Å². The van der Waals surface area contributed by atoms with Gasteiger partial charge in [-0.3, -0.25) is 4.99 Å². The van der Waals surface area contributed by atoms with Crippen LogP contribution in [0.15, 0.2) is 53.8 Å². The number of rotatable bonds is 4. The first-order chi connectivity index (χ1) is 11.8. The molecule has 0 unspecified atom stereocenters. The summed E-state index contributed by atoms with van der Waals surface area (Å²) >= 11 is 0. The van der Waals surface area contributed by atoms with E-state index >= 15 is 0 Å². The Hall–Kier alpha value is -2.82. The molecule has 1 aliphatic rings. The van der Waals surface area contributed by atoms with Gasteiger partial charge in [-0.1, -0.05) is 12.1 Å². The standard InChI is InChI=1S/C19H21N5/c20-19(23-16-8-7-14-4-3-5-15(14)12-16)21-10-9-17-13-24-11-2-1-6-18(24)22-17/h1-2,6-8,11-13H,3-5,9-10H2,(H3,20,21,23). The number of aromatic nitrogens is 2. The van der Waals surface area contributed by atoms with Gasteiger partial charge >= 0.3 is 0 Å². The van der Waals surface area contributed by atoms with Crippen LogP contribution < -0.4 is 11.1 Å². The summed E-state index contributed by atoms with van der Waals surface area (Å²) in [5.74, 6) is 0.455. The number of aliphatic imine (C=N–C) groups is 1. The summed E-state index contributed by atoms with van der Waals surface area (Å²) in [4.78, 5) is 8.98. The molecule has 0 bridgehead atoms. The second-order valence-electron chi connectivity index (χ2n) is 6.18. The molecule has 4 rings (SSSR count). The first-order valence-corrected chi connectivity index (χ1v) is 8.39. The van der Waals surface area contributed by atoms with Crippen molar-refractivity contribution in [3.63, 3.8) is 0 Å². The lowest BCUT2D eigenvalue weighted by Gasteiger charge is -2.07. The van der Waals surface area contributed by atoms with E-state index in [-0.39, 0.29) is 0 Å². The van der Waals surface area contributed by atoms with E-state index in [0.717, 1.165) is 29.9 Å². The van der Waals surface area contributed by atoms with Crippen LogP contribution in [0.25, 0.3) is 5.65 Å². The Kier molecular flexibility index (Phi) is 3.91. The molecule has 3 N–H and O–H groups in total. The molecule has 0 atom stereocenters. The van der Waals surface area contributed by atoms with Crippen LogP contribution >= 0.6 is 0 Å². The fourth-order valence-corrected chi connectivity index (χ4v) is 3.24. The normalized spacial score (nSPS) is 14.1. The molecule has 5 nitrogen and oxygen atoms in total. The maximum atomic E-state index is 6.00. The van der Waals surface area contributed by atoms with E-state index < -0.39 is 0 Å². The van der Waals surface area contributed by atoms with Gasteiger partial charge in [0.1, 0.15) is 5.65 Å². The molecule has 5 heteroatoms. The topological polar surface area (TPSA) is 67.7 Å². The molecule has 1 aromatic carbocycles. The summed E-state index contributed by atoms with van der Waals surface area (Å²) in [5.41, 5.74) is 11.9. The first-order valence-electron chi connectivity index (χ1n) is 8.39. The number of nitrogens with one attached hydrogen (secondary N) is 1. The lowest BCUT2D eigenvalue weighted by Crippen LogP contribution is -2.23. The molecule has 0 saturated carbocycles. The Morgan fingerprint density at radius 2 is 2.12 bits per heavy atom. The van der Waals surface area contributed by atoms with Crippen molar-refractivity contribution in [2.24, 2.45) is 10.7 Å². The smallest absolute Gasteiger partial charge is 0.193 e. The minimum absolute atomic E-state index is 0.455. The number of fused-ring (bicyclic) bond motifs is 2. The number of guanidine groups is 1. The van der Waals surface area contributed by atoms with Crippen molar-refractivity contribution in [3.05, 3.63) is 65.6 Å². The van der Waals surface area contributed by atoms with Gasteiger partial charge in [0.25, 0.3) is 0 Å². The van der Waals surface area contributed by atoms with Gasteiger partial charge in [0.2, 0.25) is 0 Å². The van der Waals surface area contributed by atoms with Crippen LogP contribution in [-0.2, 0) is 19.3 Å². The molecule has 0 amide bonds. The molecule has 0 aliphatic heterocycles. The highest BCUT2D eigenvalue weighted by atomic mass is 15.1. The lowest BCUT2D eigenvalue weighted by atomic mass is 10.1. The Morgan fingerprint density at radius 1 is 1.21 bits per heavy atom. The maximum Gasteiger partial charge on any atom is 0.193 e. The summed E-state index contributed by atoms with van der Waals surface area (Å²) in [5, 5.41) is 3.19. The van der Waals surface area contributed by atoms with E-state index in [2.05, 4.69) is 33.5 Å². The molecule has 1 aliphatic carbocycles. The molecule has 2 heterocycles. The molecular formula is C19H21N5. The molecule has 0 spiro atoms. The number of nitrogens with zero attached hydrogens (tertiary/aromatic N) is 3. The van der Waals surface area contributed by atoms with Crippen LogP contribution in [0.2, 0.25) is 0 Å². The number of benzene rings is 1. The van der Waals surface area contributed by atoms with Crippen molar-refractivity contribution in [1.29, 1.82) is 0 Å². The van der Waals surface area contributed by atoms with Crippen LogP contribution in [0.1, 0.15) is 23.2 Å². The number of aryl methyl sites for hydroxylation is 2. The average Bonchev–Trinajstić information content (AvgIpc) is 3.20. The SMILES string of the molecule is NC(=NCCc1cn2ccccc2n1)Nc1ccc2c(c1)CCC2. The number of anilines is 1. The third-order valence-corrected chi connectivity index (χ3v) is 4.43. The summed E-state index contributed by atoms with van der Waals surface area (Å²) in [6, 6.07) is 12.4. The minimum Gasteiger partial charge on any atom is -0.370 e. The summed E-state index contributed by atoms with van der Waals surface area (Å²) in [7, 11) is 0. The molecular weight excluding hydrogens is 298 g/mol. The monoisotopic (exact) mass is 319 g/mol. The predicted molar refractivity (Wildman–Crippen MR) is 97.5 cm³/mol. The highest BCUT2D eigenvalue weighted by molar-refractivity contribution is 5.92. The molecule has 122 valence electrons. The Labute approximate surface area is 141 Å². The molecule has 0 saturated heterocycles. The third kappa shape index (κ3) is 3.11. The van der Waals surface area contributed by atoms with Crippen molar-refractivity contribution < 1.29 is 0 Å². The predicted octanol–water partition coefficient (Wildman–Crippen LogP) is 2.79. The number of pyridine rings is 1. The van der Waals surface area contributed by atoms with Crippen molar-refractivity contribution in [2.45, 2.75) is 25.7 Å². The molecule has 0 radical (unpaired) electrons. The molecule has 0 fully saturated rings. The second-order valence-corrected chi connectivity index (χ2v) is 6.18. The molecule has 3 aromatic rings. The minimum atomic E-state index is 0.455. The van der Waals surface area contributed by atoms with E-state index in [1.807, 2.05) is 35.0 Å². The van der Waals surface area contributed by atoms with Crippen LogP contribution in [0.3, 0.4) is 0 Å². The van der Waals surface area contributed by atoms with Crippen LogP contribution in [0, 0.1) is 0 Å². The lowest BCUT2D eigenvalue weighted by molar-refractivity contribution is 0.912. The van der Waals surface area contributed by atoms with Crippen molar-refractivity contribution in [2.75, 3.05) is 11.9 Å². The molecule has 2 aromatic heterocycles. The van der Waals surface area contributed by atoms with Crippen LogP contribution in [0.5, 0.6) is 0 Å². The van der Waals surface area contributed by atoms with Crippen molar-refractivity contribution in [3.8, 4) is 0 Å². The fraction of sp³-hybridized carbons (Fsp3) is 0.263. The first kappa shape index (κ1) is 14.8. The Bertz CT molecular complexity index is 861. The van der Waals surface area contributed by atoms with E-state index in [0.29, 0.717) is 12.5 Å². The summed E-state index contributed by atoms with van der Waals surface area (Å²) in [6.07, 6.45) is 8.41. The zero-order valence-electron chi connectivity index (χ0n) is 13.6. The largest absolute Gasteiger partial charge is 0.370 e. The van der Waals surface area contributed by atoms with Gasteiger partial charge in [0.15, 0.2) is 5.96 Å². The Morgan fingerprint density at radius 3 is 3.04 bits per heavy atom. The number of imidazole rings is 1. The summed E-state index contributed by atoms with van der Waals surface area (Å²) in [6.45, 7) is 0.619. The van der Waals surface area contributed by atoms with E-state index in [1.54, 1.807) is 0 Å². The van der Waals surface area contributed by atoms with Crippen LogP contribution in [-0.4, -0.2) is 21.9 Å². The van der Waals surface area contributed by atoms with Gasteiger partial charge in [0, 0.05) is 31.0 Å². The van der Waals surface area contributed by atoms with E-state index in [9.17, 15) is 0 Å². The highest BCUT2D eigenvalue weighted by Crippen LogP contribution is 2.24. The van der Waals surface area contributed by atoms with Gasteiger partial charge in [-0.15, -0.1) is 0 Å². The van der Waals surface area contributed by atoms with E-state index in [4.69, 9.17) is 5.73 Å². The van der Waals surface area contributed by atoms with Crippen LogP contribution in [0.4, 0.5) is 5.69 Å². The van der Waals surface area contributed by atoms with Gasteiger partial charge in [-0.25, -0.2) is 4.98 Å². The third-order valence-electron chi connectivity index (χ3n) is 4.43. The van der Waals surface area contributed by atoms with E-state index in [1.165, 1.54) is 24.0 Å². The van der Waals surface area contributed by atoms with Crippen molar-refractivity contribution in [1.82, 2.24) is 9.38 Å². The maximum absolute atomic E-state index is 6.00. The van der Waals surface area contributed by atoms with Gasteiger partial charge in [-0.2, -0.15) is 0 Å². The number of hydrogen-bond acceptors (Lipinski definition) is 2. The van der Waals surface area contributed by atoms with Gasteiger partial charge in [0.05, 0.1) is 5.69 Å². The average molecular weight is 319 g/mol. The second kappa shape index (κ2) is 6.35. The Balaban J connectivity index is 1.37. The number of nitrogens with two attached hydrogens (primary N) is 1.